The molecule has 0 aliphatic heterocycles. The fraction of sp³-hybridized carbons (Fsp3) is 0.500. The topological polar surface area (TPSA) is 43.1 Å². The van der Waals surface area contributed by atoms with Crippen LogP contribution in [0.4, 0.5) is 13.2 Å². The highest BCUT2D eigenvalue weighted by Gasteiger charge is 2.45. The molecule has 0 saturated carbocycles. The molecule has 0 amide bonds. The number of hydrogen-bond acceptors (Lipinski definition) is 2. The second-order valence-corrected chi connectivity index (χ2v) is 3.08. The van der Waals surface area contributed by atoms with Crippen molar-refractivity contribution in [1.29, 1.82) is 0 Å². The molecule has 0 fully saturated rings. The number of allylic oxidation sites excluding steroid dienone is 2. The van der Waals surface area contributed by atoms with E-state index >= 15 is 0 Å². The van der Waals surface area contributed by atoms with Crippen molar-refractivity contribution in [1.82, 2.24) is 0 Å². The molecule has 1 unspecified atom stereocenters. The molecule has 14 heavy (non-hydrogen) atoms. The molecule has 1 aliphatic carbocycles. The monoisotopic (exact) mass is 207 g/mol. The summed E-state index contributed by atoms with van der Waals surface area (Å²) in [6, 6.07) is -1.65. The van der Waals surface area contributed by atoms with Crippen molar-refractivity contribution in [2.24, 2.45) is 0 Å². The standard InChI is InChI=1S/C8H8F3NO2/c1-5-2-3-7(12(13)14)6(4-5)8(9,10)11/h2,4,7H,3H2,1H3. The molecule has 0 aromatic carbocycles. The first-order chi connectivity index (χ1) is 6.32. The largest absolute Gasteiger partial charge is 0.419 e. The molecule has 1 rings (SSSR count). The number of hydrogen-bond donors (Lipinski definition) is 0. The van der Waals surface area contributed by atoms with E-state index in [4.69, 9.17) is 0 Å². The number of nitro groups is 1. The predicted molar refractivity (Wildman–Crippen MR) is 43.3 cm³/mol. The normalized spacial score (nSPS) is 22.7. The second kappa shape index (κ2) is 3.43. The van der Waals surface area contributed by atoms with Crippen LogP contribution in [-0.2, 0) is 0 Å². The summed E-state index contributed by atoms with van der Waals surface area (Å²) in [6.07, 6.45) is -2.54. The Hall–Kier alpha value is -1.33. The highest BCUT2D eigenvalue weighted by molar-refractivity contribution is 5.31. The van der Waals surface area contributed by atoms with Gasteiger partial charge in [0.05, 0.1) is 0 Å². The van der Waals surface area contributed by atoms with Gasteiger partial charge in [-0.2, -0.15) is 13.2 Å². The van der Waals surface area contributed by atoms with Gasteiger partial charge in [-0.25, -0.2) is 0 Å². The van der Waals surface area contributed by atoms with Crippen LogP contribution in [0.2, 0.25) is 0 Å². The van der Waals surface area contributed by atoms with Crippen LogP contribution in [0, 0.1) is 10.1 Å². The van der Waals surface area contributed by atoms with E-state index < -0.39 is 22.7 Å². The van der Waals surface area contributed by atoms with Crippen molar-refractivity contribution in [2.45, 2.75) is 25.6 Å². The van der Waals surface area contributed by atoms with Crippen LogP contribution in [0.3, 0.4) is 0 Å². The summed E-state index contributed by atoms with van der Waals surface area (Å²) in [5.41, 5.74) is -0.655. The van der Waals surface area contributed by atoms with E-state index in [9.17, 15) is 23.3 Å². The van der Waals surface area contributed by atoms with Crippen molar-refractivity contribution in [3.8, 4) is 0 Å². The minimum atomic E-state index is -4.62. The molecule has 1 aliphatic rings. The van der Waals surface area contributed by atoms with Gasteiger partial charge in [-0.1, -0.05) is 11.6 Å². The highest BCUT2D eigenvalue weighted by atomic mass is 19.4. The van der Waals surface area contributed by atoms with Gasteiger partial charge in [0.1, 0.15) is 5.57 Å². The van der Waals surface area contributed by atoms with Gasteiger partial charge < -0.3 is 0 Å². The van der Waals surface area contributed by atoms with E-state index in [0.29, 0.717) is 5.57 Å². The van der Waals surface area contributed by atoms with Crippen molar-refractivity contribution < 1.29 is 18.1 Å². The summed E-state index contributed by atoms with van der Waals surface area (Å²) in [4.78, 5) is 9.45. The fourth-order valence-corrected chi connectivity index (χ4v) is 1.30. The fourth-order valence-electron chi connectivity index (χ4n) is 1.30. The third kappa shape index (κ3) is 2.12. The first-order valence-corrected chi connectivity index (χ1v) is 3.91. The van der Waals surface area contributed by atoms with E-state index in [2.05, 4.69) is 0 Å². The van der Waals surface area contributed by atoms with Crippen LogP contribution >= 0.6 is 0 Å². The molecule has 1 atom stereocenters. The Morgan fingerprint density at radius 1 is 1.57 bits per heavy atom. The first kappa shape index (κ1) is 10.7. The Morgan fingerprint density at radius 3 is 2.57 bits per heavy atom. The zero-order valence-electron chi connectivity index (χ0n) is 7.34. The average Bonchev–Trinajstić information content (AvgIpc) is 2.01. The summed E-state index contributed by atoms with van der Waals surface area (Å²) in [6.45, 7) is 1.49. The predicted octanol–water partition coefficient (Wildman–Crippen LogP) is 2.47. The molecule has 3 nitrogen and oxygen atoms in total. The zero-order valence-corrected chi connectivity index (χ0v) is 7.34. The van der Waals surface area contributed by atoms with E-state index in [1.165, 1.54) is 13.0 Å². The maximum atomic E-state index is 12.3. The number of alkyl halides is 3. The summed E-state index contributed by atoms with van der Waals surface area (Å²) in [5.74, 6) is 0. The van der Waals surface area contributed by atoms with Crippen LogP contribution in [0.25, 0.3) is 0 Å². The molecular weight excluding hydrogens is 199 g/mol. The van der Waals surface area contributed by atoms with Crippen molar-refractivity contribution >= 4 is 0 Å². The molecule has 0 heterocycles. The maximum absolute atomic E-state index is 12.3. The minimum absolute atomic E-state index is 0.190. The van der Waals surface area contributed by atoms with E-state index in [1.54, 1.807) is 0 Å². The lowest BCUT2D eigenvalue weighted by Crippen LogP contribution is -2.31. The van der Waals surface area contributed by atoms with Gasteiger partial charge >= 0.3 is 6.18 Å². The van der Waals surface area contributed by atoms with Gasteiger partial charge in [0.15, 0.2) is 0 Å². The van der Waals surface area contributed by atoms with Crippen LogP contribution in [0.5, 0.6) is 0 Å². The molecule has 0 bridgehead atoms. The Balaban J connectivity index is 3.06. The van der Waals surface area contributed by atoms with Crippen molar-refractivity contribution in [3.63, 3.8) is 0 Å². The quantitative estimate of drug-likeness (QED) is 0.489. The van der Waals surface area contributed by atoms with Crippen molar-refractivity contribution in [2.75, 3.05) is 0 Å². The number of halogens is 3. The van der Waals surface area contributed by atoms with Crippen molar-refractivity contribution in [3.05, 3.63) is 33.4 Å². The molecule has 0 N–H and O–H groups in total. The third-order valence-corrected chi connectivity index (χ3v) is 1.99. The Bertz CT molecular complexity index is 317. The minimum Gasteiger partial charge on any atom is -0.264 e. The first-order valence-electron chi connectivity index (χ1n) is 3.91. The lowest BCUT2D eigenvalue weighted by molar-refractivity contribution is -0.515. The van der Waals surface area contributed by atoms with Gasteiger partial charge in [-0.05, 0) is 13.0 Å². The molecule has 0 aromatic heterocycles. The van der Waals surface area contributed by atoms with Gasteiger partial charge in [0.2, 0.25) is 6.04 Å². The van der Waals surface area contributed by atoms with Gasteiger partial charge in [-0.15, -0.1) is 0 Å². The van der Waals surface area contributed by atoms with Crippen LogP contribution in [0.1, 0.15) is 13.3 Å². The third-order valence-electron chi connectivity index (χ3n) is 1.99. The lowest BCUT2D eigenvalue weighted by atomic mass is 9.95. The smallest absolute Gasteiger partial charge is 0.264 e. The maximum Gasteiger partial charge on any atom is 0.419 e. The average molecular weight is 207 g/mol. The lowest BCUT2D eigenvalue weighted by Gasteiger charge is -2.18. The molecule has 0 aromatic rings. The number of nitrogens with zero attached hydrogens (tertiary/aromatic N) is 1. The zero-order chi connectivity index (χ0) is 10.9. The van der Waals surface area contributed by atoms with E-state index in [-0.39, 0.29) is 6.42 Å². The van der Waals surface area contributed by atoms with Crippen LogP contribution in [0.15, 0.2) is 23.3 Å². The Labute approximate surface area is 78.1 Å². The van der Waals surface area contributed by atoms with Crippen LogP contribution < -0.4 is 0 Å². The summed E-state index contributed by atoms with van der Waals surface area (Å²) in [5, 5.41) is 10.4. The Kier molecular flexibility index (Phi) is 2.64. The van der Waals surface area contributed by atoms with E-state index in [1.807, 2.05) is 0 Å². The molecule has 0 saturated heterocycles. The molecule has 78 valence electrons. The second-order valence-electron chi connectivity index (χ2n) is 3.08. The van der Waals surface area contributed by atoms with Gasteiger partial charge in [0, 0.05) is 11.3 Å². The SMILES string of the molecule is CC1=CCC([N+](=O)[O-])C(C(F)(F)F)=C1. The van der Waals surface area contributed by atoms with Gasteiger partial charge in [-0.3, -0.25) is 10.1 Å². The summed E-state index contributed by atoms with van der Waals surface area (Å²) >= 11 is 0. The Morgan fingerprint density at radius 2 is 2.14 bits per heavy atom. The van der Waals surface area contributed by atoms with Crippen LogP contribution in [-0.4, -0.2) is 17.1 Å². The summed E-state index contributed by atoms with van der Waals surface area (Å²) < 4.78 is 37.0. The highest BCUT2D eigenvalue weighted by Crippen LogP contribution is 2.34. The summed E-state index contributed by atoms with van der Waals surface area (Å²) in [7, 11) is 0. The molecular formula is C8H8F3NO2. The number of rotatable bonds is 1. The van der Waals surface area contributed by atoms with Gasteiger partial charge in [0.25, 0.3) is 0 Å². The molecule has 6 heteroatoms. The molecule has 0 radical (unpaired) electrons. The molecule has 0 spiro atoms. The van der Waals surface area contributed by atoms with E-state index in [0.717, 1.165) is 6.08 Å².